The van der Waals surface area contributed by atoms with Gasteiger partial charge >= 0.3 is 5.97 Å². The Morgan fingerprint density at radius 2 is 1.66 bits per heavy atom. The number of aliphatic imine (C=N–C) groups is 1. The lowest BCUT2D eigenvalue weighted by Crippen LogP contribution is -2.09. The second kappa shape index (κ2) is 8.20. The molecule has 0 amide bonds. The van der Waals surface area contributed by atoms with Crippen LogP contribution in [-0.2, 0) is 10.0 Å². The first-order valence-electron chi connectivity index (χ1n) is 9.51. The molecule has 0 radical (unpaired) electrons. The lowest BCUT2D eigenvalue weighted by Gasteiger charge is -2.09. The summed E-state index contributed by atoms with van der Waals surface area (Å²) in [7, 11) is -3.48. The zero-order valence-electron chi connectivity index (χ0n) is 16.9. The number of anilines is 1. The first kappa shape index (κ1) is 21.1. The summed E-state index contributed by atoms with van der Waals surface area (Å²) in [6.07, 6.45) is 1.06. The quantitative estimate of drug-likeness (QED) is 0.329. The fourth-order valence-corrected chi connectivity index (χ4v) is 3.92. The van der Waals surface area contributed by atoms with Crippen molar-refractivity contribution in [1.82, 2.24) is 4.98 Å². The minimum atomic E-state index is -3.48. The molecule has 8 nitrogen and oxygen atoms in total. The van der Waals surface area contributed by atoms with Crippen molar-refractivity contribution in [3.05, 3.63) is 89.5 Å². The number of sulfonamides is 1. The van der Waals surface area contributed by atoms with Crippen molar-refractivity contribution in [3.8, 4) is 5.88 Å². The maximum Gasteiger partial charge on any atom is 0.335 e. The number of nitrogens with zero attached hydrogens (tertiary/aromatic N) is 1. The van der Waals surface area contributed by atoms with E-state index in [1.807, 2.05) is 30.3 Å². The van der Waals surface area contributed by atoms with E-state index in [1.54, 1.807) is 30.3 Å². The molecule has 4 aromatic rings. The third-order valence-electron chi connectivity index (χ3n) is 4.72. The van der Waals surface area contributed by atoms with Gasteiger partial charge in [0, 0.05) is 22.2 Å². The Kier molecular flexibility index (Phi) is 5.41. The van der Waals surface area contributed by atoms with Crippen LogP contribution >= 0.6 is 0 Å². The SMILES string of the molecule is CS(=O)(=O)Nc1ccc2[nH]c(O)c(C(=Nc3ccc(C(=O)O)cc3)c3ccccc3)c2c1. The van der Waals surface area contributed by atoms with E-state index in [0.29, 0.717) is 39.1 Å². The molecule has 3 aromatic carbocycles. The van der Waals surface area contributed by atoms with Gasteiger partial charge in [0.05, 0.1) is 28.8 Å². The first-order valence-corrected chi connectivity index (χ1v) is 11.4. The van der Waals surface area contributed by atoms with Crippen LogP contribution in [0.5, 0.6) is 5.88 Å². The van der Waals surface area contributed by atoms with Crippen LogP contribution in [0.15, 0.2) is 77.8 Å². The number of aromatic carboxylic acids is 1. The summed E-state index contributed by atoms with van der Waals surface area (Å²) in [5.74, 6) is -1.16. The van der Waals surface area contributed by atoms with Crippen LogP contribution in [0.1, 0.15) is 21.5 Å². The van der Waals surface area contributed by atoms with Gasteiger partial charge in [-0.25, -0.2) is 18.2 Å². The molecule has 0 aliphatic heterocycles. The average Bonchev–Trinajstić information content (AvgIpc) is 3.07. The van der Waals surface area contributed by atoms with Crippen molar-refractivity contribution in [2.45, 2.75) is 0 Å². The Labute approximate surface area is 183 Å². The number of aromatic nitrogens is 1. The Bertz CT molecular complexity index is 1440. The topological polar surface area (TPSA) is 132 Å². The summed E-state index contributed by atoms with van der Waals surface area (Å²) in [6, 6.07) is 20.1. The van der Waals surface area contributed by atoms with E-state index in [2.05, 4.69) is 9.71 Å². The molecule has 162 valence electrons. The maximum atomic E-state index is 11.7. The summed E-state index contributed by atoms with van der Waals surface area (Å²) in [5, 5.41) is 20.4. The van der Waals surface area contributed by atoms with E-state index >= 15 is 0 Å². The molecule has 0 saturated carbocycles. The van der Waals surface area contributed by atoms with Crippen molar-refractivity contribution < 1.29 is 23.4 Å². The van der Waals surface area contributed by atoms with Gasteiger partial charge in [-0.05, 0) is 42.5 Å². The molecule has 0 spiro atoms. The highest BCUT2D eigenvalue weighted by Crippen LogP contribution is 2.33. The van der Waals surface area contributed by atoms with Crippen LogP contribution in [0.4, 0.5) is 11.4 Å². The highest BCUT2D eigenvalue weighted by atomic mass is 32.2. The number of hydrogen-bond donors (Lipinski definition) is 4. The number of benzene rings is 3. The molecule has 0 aliphatic carbocycles. The second-order valence-corrected chi connectivity index (χ2v) is 8.91. The third-order valence-corrected chi connectivity index (χ3v) is 5.33. The van der Waals surface area contributed by atoms with Gasteiger partial charge in [0.2, 0.25) is 10.0 Å². The molecule has 1 aromatic heterocycles. The van der Waals surface area contributed by atoms with E-state index in [0.717, 1.165) is 6.26 Å². The average molecular weight is 449 g/mol. The maximum absolute atomic E-state index is 11.7. The molecule has 4 N–H and O–H groups in total. The highest BCUT2D eigenvalue weighted by molar-refractivity contribution is 7.92. The summed E-state index contributed by atoms with van der Waals surface area (Å²) >= 11 is 0. The number of nitrogens with one attached hydrogen (secondary N) is 2. The Balaban J connectivity index is 1.92. The molecule has 0 atom stereocenters. The van der Waals surface area contributed by atoms with Gasteiger partial charge in [-0.3, -0.25) is 4.72 Å². The van der Waals surface area contributed by atoms with Crippen LogP contribution in [-0.4, -0.2) is 41.6 Å². The lowest BCUT2D eigenvalue weighted by molar-refractivity contribution is 0.0697. The molecule has 32 heavy (non-hydrogen) atoms. The van der Waals surface area contributed by atoms with E-state index < -0.39 is 16.0 Å². The van der Waals surface area contributed by atoms with Crippen molar-refractivity contribution in [3.63, 3.8) is 0 Å². The molecule has 0 fully saturated rings. The van der Waals surface area contributed by atoms with Crippen LogP contribution in [0.25, 0.3) is 10.9 Å². The standard InChI is InChI=1S/C23H19N3O5S/c1-32(30,31)26-17-11-12-19-18(13-17)20(22(27)25-19)21(14-5-3-2-4-6-14)24-16-9-7-15(8-10-16)23(28)29/h2-13,25-27H,1H3,(H,28,29). The van der Waals surface area contributed by atoms with E-state index in [9.17, 15) is 18.3 Å². The predicted molar refractivity (Wildman–Crippen MR) is 124 cm³/mol. The van der Waals surface area contributed by atoms with Gasteiger partial charge in [-0.15, -0.1) is 0 Å². The zero-order valence-corrected chi connectivity index (χ0v) is 17.7. The smallest absolute Gasteiger partial charge is 0.335 e. The van der Waals surface area contributed by atoms with Crippen LogP contribution in [0, 0.1) is 0 Å². The normalized spacial score (nSPS) is 12.1. The van der Waals surface area contributed by atoms with E-state index in [4.69, 9.17) is 10.1 Å². The van der Waals surface area contributed by atoms with E-state index in [-0.39, 0.29) is 11.4 Å². The molecule has 9 heteroatoms. The van der Waals surface area contributed by atoms with Gasteiger partial charge in [0.15, 0.2) is 5.88 Å². The molecule has 4 rings (SSSR count). The number of carboxylic acid groups (broad SMARTS) is 1. The number of carboxylic acids is 1. The highest BCUT2D eigenvalue weighted by Gasteiger charge is 2.19. The number of rotatable bonds is 6. The Morgan fingerprint density at radius 1 is 0.969 bits per heavy atom. The number of fused-ring (bicyclic) bond motifs is 1. The second-order valence-electron chi connectivity index (χ2n) is 7.16. The third kappa shape index (κ3) is 4.47. The van der Waals surface area contributed by atoms with E-state index in [1.165, 1.54) is 12.1 Å². The van der Waals surface area contributed by atoms with Gasteiger partial charge in [0.1, 0.15) is 0 Å². The lowest BCUT2D eigenvalue weighted by atomic mass is 10.0. The fraction of sp³-hybridized carbons (Fsp3) is 0.0435. The first-order chi connectivity index (χ1) is 15.2. The largest absolute Gasteiger partial charge is 0.494 e. The fourth-order valence-electron chi connectivity index (χ4n) is 3.36. The molecule has 0 bridgehead atoms. The number of carbonyl (C=O) groups is 1. The van der Waals surface area contributed by atoms with Crippen LogP contribution < -0.4 is 4.72 Å². The summed E-state index contributed by atoms with van der Waals surface area (Å²) in [6.45, 7) is 0. The predicted octanol–water partition coefficient (Wildman–Crippen LogP) is 4.11. The van der Waals surface area contributed by atoms with Crippen molar-refractivity contribution in [2.24, 2.45) is 4.99 Å². The minimum Gasteiger partial charge on any atom is -0.494 e. The van der Waals surface area contributed by atoms with Gasteiger partial charge in [-0.2, -0.15) is 0 Å². The Morgan fingerprint density at radius 3 is 2.28 bits per heavy atom. The van der Waals surface area contributed by atoms with Gasteiger partial charge in [0.25, 0.3) is 0 Å². The number of hydrogen-bond acceptors (Lipinski definition) is 5. The van der Waals surface area contributed by atoms with Crippen LogP contribution in [0.2, 0.25) is 0 Å². The monoisotopic (exact) mass is 449 g/mol. The minimum absolute atomic E-state index is 0.124. The zero-order chi connectivity index (χ0) is 22.9. The van der Waals surface area contributed by atoms with Gasteiger partial charge in [-0.1, -0.05) is 30.3 Å². The molecule has 0 aliphatic rings. The van der Waals surface area contributed by atoms with Crippen molar-refractivity contribution in [1.29, 1.82) is 0 Å². The number of aromatic amines is 1. The van der Waals surface area contributed by atoms with Gasteiger partial charge < -0.3 is 15.2 Å². The molecule has 1 heterocycles. The Hall–Kier alpha value is -4.11. The van der Waals surface area contributed by atoms with Crippen molar-refractivity contribution in [2.75, 3.05) is 11.0 Å². The molecular weight excluding hydrogens is 430 g/mol. The molecule has 0 unspecified atom stereocenters. The summed E-state index contributed by atoms with van der Waals surface area (Å²) < 4.78 is 25.8. The molecule has 0 saturated heterocycles. The van der Waals surface area contributed by atoms with Crippen molar-refractivity contribution >= 4 is 44.0 Å². The summed E-state index contributed by atoms with van der Waals surface area (Å²) in [5.41, 5.74) is 3.12. The van der Waals surface area contributed by atoms with Crippen LogP contribution in [0.3, 0.4) is 0 Å². The molecular formula is C23H19N3O5S. The number of aromatic hydroxyl groups is 1. The number of H-pyrrole nitrogens is 1. The summed E-state index contributed by atoms with van der Waals surface area (Å²) in [4.78, 5) is 18.7.